The summed E-state index contributed by atoms with van der Waals surface area (Å²) >= 11 is 1.75. The molecule has 0 fully saturated rings. The molecular formula is C27H22N2SSi. The summed E-state index contributed by atoms with van der Waals surface area (Å²) in [7, 11) is -1.74. The van der Waals surface area contributed by atoms with E-state index in [4.69, 9.17) is 4.98 Å². The third-order valence-corrected chi connectivity index (χ3v) is 10.9. The van der Waals surface area contributed by atoms with Crippen molar-refractivity contribution >= 4 is 57.1 Å². The zero-order chi connectivity index (χ0) is 21.0. The van der Waals surface area contributed by atoms with Crippen molar-refractivity contribution in [2.75, 3.05) is 4.90 Å². The molecule has 0 N–H and O–H groups in total. The summed E-state index contributed by atoms with van der Waals surface area (Å²) in [6, 6.07) is 35.0. The van der Waals surface area contributed by atoms with Crippen LogP contribution < -0.4 is 15.3 Å². The third kappa shape index (κ3) is 2.87. The van der Waals surface area contributed by atoms with Crippen molar-refractivity contribution in [2.45, 2.75) is 13.1 Å². The van der Waals surface area contributed by atoms with Crippen molar-refractivity contribution in [3.05, 3.63) is 97.1 Å². The Kier molecular flexibility index (Phi) is 4.13. The number of hydrogen-bond acceptors (Lipinski definition) is 3. The van der Waals surface area contributed by atoms with E-state index in [1.54, 1.807) is 11.3 Å². The molecule has 31 heavy (non-hydrogen) atoms. The van der Waals surface area contributed by atoms with Crippen molar-refractivity contribution in [1.29, 1.82) is 0 Å². The average Bonchev–Trinajstić information content (AvgIpc) is 3.24. The van der Waals surface area contributed by atoms with Crippen LogP contribution >= 0.6 is 11.3 Å². The second-order valence-corrected chi connectivity index (χ2v) is 13.9. The Morgan fingerprint density at radius 1 is 0.677 bits per heavy atom. The lowest BCUT2D eigenvalue weighted by atomic mass is 10.1. The normalized spacial score (nSPS) is 14.3. The fourth-order valence-electron chi connectivity index (χ4n) is 4.70. The summed E-state index contributed by atoms with van der Waals surface area (Å²) in [4.78, 5) is 7.25. The van der Waals surface area contributed by atoms with Crippen LogP contribution in [0.1, 0.15) is 0 Å². The molecule has 2 heterocycles. The van der Waals surface area contributed by atoms with Crippen LogP contribution in [-0.2, 0) is 0 Å². The fraction of sp³-hybridized carbons (Fsp3) is 0.0741. The number of anilines is 3. The quantitative estimate of drug-likeness (QED) is 0.292. The molecule has 1 aromatic heterocycles. The van der Waals surface area contributed by atoms with E-state index >= 15 is 0 Å². The molecule has 1 aliphatic heterocycles. The summed E-state index contributed by atoms with van der Waals surface area (Å²) in [5.74, 6) is 0. The largest absolute Gasteiger partial charge is 0.311 e. The van der Waals surface area contributed by atoms with Crippen molar-refractivity contribution < 1.29 is 0 Å². The molecule has 0 amide bonds. The smallest absolute Gasteiger partial charge is 0.124 e. The topological polar surface area (TPSA) is 16.1 Å². The fourth-order valence-corrected chi connectivity index (χ4v) is 8.65. The molecule has 1 aliphatic rings. The molecule has 5 aromatic rings. The van der Waals surface area contributed by atoms with Gasteiger partial charge in [0.25, 0.3) is 0 Å². The Morgan fingerprint density at radius 2 is 1.26 bits per heavy atom. The van der Waals surface area contributed by atoms with E-state index in [0.717, 1.165) is 10.5 Å². The van der Waals surface area contributed by atoms with Crippen LogP contribution in [0.5, 0.6) is 0 Å². The minimum atomic E-state index is -1.74. The van der Waals surface area contributed by atoms with Gasteiger partial charge in [-0.1, -0.05) is 61.6 Å². The highest BCUT2D eigenvalue weighted by Crippen LogP contribution is 2.39. The van der Waals surface area contributed by atoms with Gasteiger partial charge in [0.1, 0.15) is 13.1 Å². The van der Waals surface area contributed by atoms with E-state index in [1.807, 2.05) is 6.07 Å². The highest BCUT2D eigenvalue weighted by molar-refractivity contribution is 7.21. The van der Waals surface area contributed by atoms with Gasteiger partial charge in [-0.25, -0.2) is 4.98 Å². The minimum absolute atomic E-state index is 1.07. The average molecular weight is 435 g/mol. The third-order valence-electron chi connectivity index (χ3n) is 6.30. The zero-order valence-corrected chi connectivity index (χ0v) is 19.4. The molecule has 0 spiro atoms. The lowest BCUT2D eigenvalue weighted by molar-refractivity contribution is 1.28. The molecule has 0 radical (unpaired) electrons. The lowest BCUT2D eigenvalue weighted by Crippen LogP contribution is -2.58. The van der Waals surface area contributed by atoms with Gasteiger partial charge in [-0.05, 0) is 58.9 Å². The van der Waals surface area contributed by atoms with Gasteiger partial charge < -0.3 is 4.90 Å². The van der Waals surface area contributed by atoms with Crippen LogP contribution in [-0.4, -0.2) is 13.1 Å². The van der Waals surface area contributed by atoms with Crippen LogP contribution in [0.4, 0.5) is 17.1 Å². The molecule has 4 aromatic carbocycles. The molecule has 0 saturated carbocycles. The number of fused-ring (bicyclic) bond motifs is 3. The minimum Gasteiger partial charge on any atom is -0.311 e. The van der Waals surface area contributed by atoms with Crippen molar-refractivity contribution in [3.8, 4) is 10.6 Å². The van der Waals surface area contributed by atoms with E-state index in [-0.39, 0.29) is 0 Å². The number of rotatable bonds is 2. The Labute approximate surface area is 187 Å². The number of thiazole rings is 1. The molecule has 0 unspecified atom stereocenters. The first kappa shape index (κ1) is 18.5. The first-order valence-electron chi connectivity index (χ1n) is 10.6. The number of hydrogen-bond donors (Lipinski definition) is 0. The van der Waals surface area contributed by atoms with Crippen LogP contribution in [0.15, 0.2) is 97.1 Å². The molecule has 0 bridgehead atoms. The second kappa shape index (κ2) is 6.91. The molecule has 4 heteroatoms. The van der Waals surface area contributed by atoms with E-state index < -0.39 is 8.07 Å². The van der Waals surface area contributed by atoms with Gasteiger partial charge in [-0.3, -0.25) is 0 Å². The Morgan fingerprint density at radius 3 is 1.90 bits per heavy atom. The van der Waals surface area contributed by atoms with Crippen LogP contribution in [0.3, 0.4) is 0 Å². The highest BCUT2D eigenvalue weighted by Gasteiger charge is 2.38. The summed E-state index contributed by atoms with van der Waals surface area (Å²) in [6.07, 6.45) is 0. The summed E-state index contributed by atoms with van der Waals surface area (Å²) in [5.41, 5.74) is 6.04. The Balaban J connectivity index is 1.47. The van der Waals surface area contributed by atoms with Crippen LogP contribution in [0, 0.1) is 0 Å². The molecule has 0 aliphatic carbocycles. The van der Waals surface area contributed by atoms with Crippen molar-refractivity contribution in [1.82, 2.24) is 4.98 Å². The molecule has 150 valence electrons. The van der Waals surface area contributed by atoms with E-state index in [0.29, 0.717) is 0 Å². The number of aromatic nitrogens is 1. The Bertz CT molecular complexity index is 1340. The number of benzene rings is 4. The number of para-hydroxylation sites is 3. The zero-order valence-electron chi connectivity index (χ0n) is 17.5. The maximum Gasteiger partial charge on any atom is 0.124 e. The maximum absolute atomic E-state index is 4.83. The second-order valence-electron chi connectivity index (χ2n) is 8.53. The van der Waals surface area contributed by atoms with Gasteiger partial charge in [0.05, 0.1) is 10.2 Å². The highest BCUT2D eigenvalue weighted by atomic mass is 32.1. The van der Waals surface area contributed by atoms with Gasteiger partial charge in [-0.2, -0.15) is 0 Å². The SMILES string of the molecule is C[Si]1(C)c2ccccc2N(c2ccc(-c3nc4ccccc4s3)cc2)c2ccccc21. The predicted molar refractivity (Wildman–Crippen MR) is 136 cm³/mol. The van der Waals surface area contributed by atoms with Gasteiger partial charge in [-0.15, -0.1) is 11.3 Å². The lowest BCUT2D eigenvalue weighted by Gasteiger charge is -2.41. The molecular weight excluding hydrogens is 412 g/mol. The molecule has 2 nitrogen and oxygen atoms in total. The van der Waals surface area contributed by atoms with Gasteiger partial charge in [0.2, 0.25) is 0 Å². The van der Waals surface area contributed by atoms with Gasteiger partial charge in [0.15, 0.2) is 0 Å². The Hall–Kier alpha value is -3.21. The first-order valence-corrected chi connectivity index (χ1v) is 14.4. The first-order chi connectivity index (χ1) is 15.1. The van der Waals surface area contributed by atoms with Crippen molar-refractivity contribution in [2.24, 2.45) is 0 Å². The summed E-state index contributed by atoms with van der Waals surface area (Å²) < 4.78 is 1.23. The molecule has 0 atom stereocenters. The van der Waals surface area contributed by atoms with Crippen molar-refractivity contribution in [3.63, 3.8) is 0 Å². The van der Waals surface area contributed by atoms with Gasteiger partial charge in [0, 0.05) is 22.6 Å². The van der Waals surface area contributed by atoms with E-state index in [2.05, 4.69) is 109 Å². The number of nitrogens with zero attached hydrogens (tertiary/aromatic N) is 2. The monoisotopic (exact) mass is 434 g/mol. The van der Waals surface area contributed by atoms with Crippen LogP contribution in [0.2, 0.25) is 13.1 Å². The molecule has 0 saturated heterocycles. The van der Waals surface area contributed by atoms with Crippen LogP contribution in [0.25, 0.3) is 20.8 Å². The standard InChI is InChI=1S/C27H22N2SSi/c1-31(2)25-13-7-4-10-22(25)29(23-11-5-8-14-26(23)31)20-17-15-19(16-18-20)27-28-21-9-3-6-12-24(21)30-27/h3-18H,1-2H3. The predicted octanol–water partition coefficient (Wildman–Crippen LogP) is 6.57. The van der Waals surface area contributed by atoms with Gasteiger partial charge >= 0.3 is 0 Å². The van der Waals surface area contributed by atoms with E-state index in [1.165, 1.54) is 37.7 Å². The maximum atomic E-state index is 4.83. The van der Waals surface area contributed by atoms with E-state index in [9.17, 15) is 0 Å². The molecule has 6 rings (SSSR count). The summed E-state index contributed by atoms with van der Waals surface area (Å²) in [5, 5.41) is 4.05. The summed E-state index contributed by atoms with van der Waals surface area (Å²) in [6.45, 7) is 4.91.